The molecule has 98 valence electrons. The number of fused-ring (bicyclic) bond motifs is 1. The lowest BCUT2D eigenvalue weighted by Crippen LogP contribution is -2.03. The van der Waals surface area contributed by atoms with Crippen LogP contribution < -0.4 is 5.32 Å². The molecule has 20 heavy (non-hydrogen) atoms. The summed E-state index contributed by atoms with van der Waals surface area (Å²) in [5.41, 5.74) is 3.94. The van der Waals surface area contributed by atoms with Crippen molar-refractivity contribution in [2.75, 3.05) is 5.32 Å². The molecule has 0 fully saturated rings. The van der Waals surface area contributed by atoms with E-state index in [1.165, 1.54) is 6.21 Å². The zero-order chi connectivity index (χ0) is 14.1. The second-order valence-electron chi connectivity index (χ2n) is 4.51. The summed E-state index contributed by atoms with van der Waals surface area (Å²) in [5, 5.41) is 10.6. The zero-order valence-electron chi connectivity index (χ0n) is 10.5. The van der Waals surface area contributed by atoms with Crippen LogP contribution in [0.3, 0.4) is 0 Å². The van der Waals surface area contributed by atoms with Crippen molar-refractivity contribution in [3.63, 3.8) is 0 Å². The predicted octanol–water partition coefficient (Wildman–Crippen LogP) is 3.83. The highest BCUT2D eigenvalue weighted by molar-refractivity contribution is 6.36. The maximum Gasteiger partial charge on any atom is 0.256 e. The number of carbonyl (C=O) groups is 1. The molecule has 0 bridgehead atoms. The van der Waals surface area contributed by atoms with E-state index >= 15 is 0 Å². The molecule has 2 aromatic rings. The Kier molecular flexibility index (Phi) is 3.12. The van der Waals surface area contributed by atoms with E-state index in [0.717, 1.165) is 22.4 Å². The predicted molar refractivity (Wildman–Crippen MR) is 82.3 cm³/mol. The molecule has 1 aliphatic rings. The Morgan fingerprint density at radius 3 is 2.45 bits per heavy atom. The summed E-state index contributed by atoms with van der Waals surface area (Å²) in [6.45, 7) is 0. The molecule has 1 amide bonds. The fourth-order valence-corrected chi connectivity index (χ4v) is 2.33. The van der Waals surface area contributed by atoms with Crippen LogP contribution in [0.4, 0.5) is 5.69 Å². The highest BCUT2D eigenvalue weighted by Crippen LogP contribution is 2.34. The van der Waals surface area contributed by atoms with Crippen LogP contribution in [0.15, 0.2) is 42.5 Å². The summed E-state index contributed by atoms with van der Waals surface area (Å²) < 4.78 is 0. The molecule has 0 spiro atoms. The van der Waals surface area contributed by atoms with Gasteiger partial charge in [0.05, 0.1) is 0 Å². The monoisotopic (exact) mass is 282 g/mol. The second kappa shape index (κ2) is 4.94. The van der Waals surface area contributed by atoms with Crippen molar-refractivity contribution in [3.05, 3.63) is 64.2 Å². The largest absolute Gasteiger partial charge is 0.321 e. The first kappa shape index (κ1) is 12.6. The second-order valence-corrected chi connectivity index (χ2v) is 4.95. The van der Waals surface area contributed by atoms with Crippen LogP contribution in [0, 0.1) is 5.41 Å². The van der Waals surface area contributed by atoms with Gasteiger partial charge in [-0.05, 0) is 35.4 Å². The average molecular weight is 283 g/mol. The molecule has 1 aliphatic heterocycles. The van der Waals surface area contributed by atoms with E-state index < -0.39 is 0 Å². The molecule has 3 rings (SSSR count). The standard InChI is InChI=1S/C16H11ClN2O/c17-12-5-6-15-13(8-12)14(16(20)19-15)7-10-1-3-11(9-18)4-2-10/h1-9,18H,(H,19,20)/b14-7-,18-9?. The SMILES string of the molecule is N=Cc1ccc(/C=C2\C(=O)Nc3ccc(Cl)cc32)cc1. The number of anilines is 1. The number of amides is 1. The molecular formula is C16H11ClN2O. The number of rotatable bonds is 2. The molecule has 0 saturated carbocycles. The van der Waals surface area contributed by atoms with Gasteiger partial charge in [-0.15, -0.1) is 0 Å². The summed E-state index contributed by atoms with van der Waals surface area (Å²) >= 11 is 5.99. The Balaban J connectivity index is 2.05. The average Bonchev–Trinajstić information content (AvgIpc) is 2.76. The third kappa shape index (κ3) is 2.24. The van der Waals surface area contributed by atoms with Crippen LogP contribution in [0.25, 0.3) is 11.6 Å². The van der Waals surface area contributed by atoms with Crippen molar-refractivity contribution in [2.45, 2.75) is 0 Å². The van der Waals surface area contributed by atoms with E-state index in [1.807, 2.05) is 30.3 Å². The first-order valence-corrected chi connectivity index (χ1v) is 6.49. The van der Waals surface area contributed by atoms with Gasteiger partial charge in [-0.25, -0.2) is 0 Å². The van der Waals surface area contributed by atoms with Crippen molar-refractivity contribution in [1.82, 2.24) is 0 Å². The van der Waals surface area contributed by atoms with Gasteiger partial charge in [-0.3, -0.25) is 4.79 Å². The van der Waals surface area contributed by atoms with Crippen LogP contribution in [0.1, 0.15) is 16.7 Å². The Hall–Kier alpha value is -2.39. The summed E-state index contributed by atoms with van der Waals surface area (Å²) in [7, 11) is 0. The highest BCUT2D eigenvalue weighted by atomic mass is 35.5. The van der Waals surface area contributed by atoms with Crippen molar-refractivity contribution in [2.24, 2.45) is 0 Å². The Morgan fingerprint density at radius 2 is 1.75 bits per heavy atom. The smallest absolute Gasteiger partial charge is 0.256 e. The van der Waals surface area contributed by atoms with E-state index in [2.05, 4.69) is 5.32 Å². The Bertz CT molecular complexity index is 733. The molecule has 1 heterocycles. The molecular weight excluding hydrogens is 272 g/mol. The molecule has 0 atom stereocenters. The van der Waals surface area contributed by atoms with Crippen LogP contribution in [0.5, 0.6) is 0 Å². The lowest BCUT2D eigenvalue weighted by atomic mass is 10.0. The molecule has 0 radical (unpaired) electrons. The number of hydrogen-bond acceptors (Lipinski definition) is 2. The minimum atomic E-state index is -0.126. The lowest BCUT2D eigenvalue weighted by Gasteiger charge is -2.00. The van der Waals surface area contributed by atoms with E-state index in [-0.39, 0.29) is 5.91 Å². The summed E-state index contributed by atoms with van der Waals surface area (Å²) in [5.74, 6) is -0.126. The number of halogens is 1. The zero-order valence-corrected chi connectivity index (χ0v) is 11.2. The van der Waals surface area contributed by atoms with Crippen LogP contribution in [-0.2, 0) is 4.79 Å². The van der Waals surface area contributed by atoms with Gasteiger partial charge < -0.3 is 10.7 Å². The third-order valence-corrected chi connectivity index (χ3v) is 3.41. The van der Waals surface area contributed by atoms with Crippen molar-refractivity contribution < 1.29 is 4.79 Å². The quantitative estimate of drug-likeness (QED) is 0.638. The molecule has 3 nitrogen and oxygen atoms in total. The fraction of sp³-hybridized carbons (Fsp3) is 0. The van der Waals surface area contributed by atoms with Gasteiger partial charge >= 0.3 is 0 Å². The Morgan fingerprint density at radius 1 is 1.05 bits per heavy atom. The van der Waals surface area contributed by atoms with Gasteiger partial charge in [0.1, 0.15) is 0 Å². The molecule has 2 N–H and O–H groups in total. The fourth-order valence-electron chi connectivity index (χ4n) is 2.16. The maximum atomic E-state index is 12.0. The first-order valence-electron chi connectivity index (χ1n) is 6.11. The summed E-state index contributed by atoms with van der Waals surface area (Å²) in [4.78, 5) is 12.0. The van der Waals surface area contributed by atoms with Gasteiger partial charge in [-0.2, -0.15) is 0 Å². The molecule has 4 heteroatoms. The normalized spacial score (nSPS) is 15.1. The van der Waals surface area contributed by atoms with Crippen LogP contribution in [-0.4, -0.2) is 12.1 Å². The number of nitrogens with one attached hydrogen (secondary N) is 2. The van der Waals surface area contributed by atoms with Gasteiger partial charge in [0, 0.05) is 28.1 Å². The van der Waals surface area contributed by atoms with Crippen LogP contribution in [0.2, 0.25) is 5.02 Å². The number of carbonyl (C=O) groups excluding carboxylic acids is 1. The highest BCUT2D eigenvalue weighted by Gasteiger charge is 2.23. The molecule has 0 aromatic heterocycles. The van der Waals surface area contributed by atoms with E-state index in [4.69, 9.17) is 17.0 Å². The van der Waals surface area contributed by atoms with Gasteiger partial charge in [-0.1, -0.05) is 35.9 Å². The molecule has 0 aliphatic carbocycles. The van der Waals surface area contributed by atoms with Gasteiger partial charge in [0.25, 0.3) is 5.91 Å². The topological polar surface area (TPSA) is 53.0 Å². The lowest BCUT2D eigenvalue weighted by molar-refractivity contribution is -0.110. The molecule has 0 unspecified atom stereocenters. The third-order valence-electron chi connectivity index (χ3n) is 3.18. The van der Waals surface area contributed by atoms with Crippen molar-refractivity contribution >= 4 is 41.1 Å². The minimum absolute atomic E-state index is 0.126. The van der Waals surface area contributed by atoms with Gasteiger partial charge in [0.15, 0.2) is 0 Å². The van der Waals surface area contributed by atoms with E-state index in [1.54, 1.807) is 18.2 Å². The van der Waals surface area contributed by atoms with Gasteiger partial charge in [0.2, 0.25) is 0 Å². The minimum Gasteiger partial charge on any atom is -0.321 e. The maximum absolute atomic E-state index is 12.0. The van der Waals surface area contributed by atoms with E-state index in [0.29, 0.717) is 10.6 Å². The molecule has 2 aromatic carbocycles. The number of hydrogen-bond donors (Lipinski definition) is 2. The summed E-state index contributed by atoms with van der Waals surface area (Å²) in [6.07, 6.45) is 3.11. The first-order chi connectivity index (χ1) is 9.67. The number of benzene rings is 2. The van der Waals surface area contributed by atoms with Crippen LogP contribution >= 0.6 is 11.6 Å². The summed E-state index contributed by atoms with van der Waals surface area (Å²) in [6, 6.07) is 12.8. The Labute approximate surface area is 121 Å². The molecule has 0 saturated heterocycles. The van der Waals surface area contributed by atoms with Crippen molar-refractivity contribution in [1.29, 1.82) is 5.41 Å². The van der Waals surface area contributed by atoms with E-state index in [9.17, 15) is 4.79 Å². The van der Waals surface area contributed by atoms with Crippen molar-refractivity contribution in [3.8, 4) is 0 Å².